The summed E-state index contributed by atoms with van der Waals surface area (Å²) in [4.78, 5) is 94.1. The number of primary amides is 1. The average molecular weight is 705 g/mol. The highest BCUT2D eigenvalue weighted by atomic mass is 16.6. The largest absolute Gasteiger partial charge is 0.505 e. The molecular formula is C38H32N4O10. The number of amides is 4. The maximum Gasteiger partial charge on any atom is 0.411 e. The molecule has 0 bridgehead atoms. The van der Waals surface area contributed by atoms with Crippen LogP contribution in [-0.2, 0) is 23.9 Å². The van der Waals surface area contributed by atoms with E-state index in [-0.39, 0.29) is 16.8 Å². The first-order valence-corrected chi connectivity index (χ1v) is 16.4. The molecule has 7 N–H and O–H groups in total. The fourth-order valence-electron chi connectivity index (χ4n) is 7.99. The Hall–Kier alpha value is -6.41. The van der Waals surface area contributed by atoms with E-state index < -0.39 is 94.6 Å². The average Bonchev–Trinajstić information content (AvgIpc) is 3.11. The summed E-state index contributed by atoms with van der Waals surface area (Å²) in [6, 6.07) is 22.9. The number of hydrogen-bond donors (Lipinski definition) is 6. The number of hydrogen-bond acceptors (Lipinski definition) is 10. The predicted octanol–water partition coefficient (Wildman–Crippen LogP) is 3.91. The summed E-state index contributed by atoms with van der Waals surface area (Å²) in [6.45, 7) is 1.60. The minimum atomic E-state index is -3.12. The second-order valence-corrected chi connectivity index (χ2v) is 13.2. The van der Waals surface area contributed by atoms with E-state index in [1.807, 2.05) is 30.3 Å². The topological polar surface area (TPSA) is 231 Å². The van der Waals surface area contributed by atoms with Crippen LogP contribution in [0.15, 0.2) is 84.9 Å². The van der Waals surface area contributed by atoms with Crippen LogP contribution in [-0.4, -0.2) is 63.1 Å². The SMILES string of the molecule is C[C@H]1c2ccc(NC(=O)Nc3cccc4ccccc34)c(O)c2C(=O)C2C(=O)[C@]3(O)C(=O)C(C(N)=O)C(=O)C[C@@H]3[C@@H](OC(=O)Nc3ccccc3)[C@@H]21. The number of carbonyl (C=O) groups excluding carboxylic acids is 7. The summed E-state index contributed by atoms with van der Waals surface area (Å²) in [5.74, 6) is -14.7. The second-order valence-electron chi connectivity index (χ2n) is 13.2. The van der Waals surface area contributed by atoms with Crippen LogP contribution >= 0.6 is 0 Å². The van der Waals surface area contributed by atoms with Gasteiger partial charge in [0.2, 0.25) is 5.91 Å². The van der Waals surface area contributed by atoms with Gasteiger partial charge < -0.3 is 31.3 Å². The van der Waals surface area contributed by atoms with Gasteiger partial charge in [-0.1, -0.05) is 67.6 Å². The van der Waals surface area contributed by atoms with Crippen LogP contribution in [0.1, 0.15) is 35.2 Å². The zero-order chi connectivity index (χ0) is 37.1. The highest BCUT2D eigenvalue weighted by Gasteiger charge is 2.71. The van der Waals surface area contributed by atoms with Gasteiger partial charge >= 0.3 is 12.1 Å². The molecule has 0 radical (unpaired) electrons. The lowest BCUT2D eigenvalue weighted by molar-refractivity contribution is -0.188. The van der Waals surface area contributed by atoms with Gasteiger partial charge in [0.15, 0.2) is 34.7 Å². The standard InChI is InChI=1S/C38H32N4O10/c1-17-20-14-15-24(42-36(49)41-23-13-7-9-18-8-5-6-12-21(18)23)30(44)27(20)31(45)29-26(17)32(52-37(50)40-19-10-3-2-4-11-19)22-16-25(43)28(35(39)48)33(46)38(22,51)34(29)47/h2-15,17,22,26,28-29,32,44,51H,16H2,1H3,(H2,39,48)(H,40,50)(H2,41,42,49)/t17-,22+,26+,28?,29?,32+,38+/m0/s1. The van der Waals surface area contributed by atoms with E-state index in [0.717, 1.165) is 10.8 Å². The first-order chi connectivity index (χ1) is 24.8. The summed E-state index contributed by atoms with van der Waals surface area (Å²) in [5, 5.41) is 32.8. The van der Waals surface area contributed by atoms with E-state index in [2.05, 4.69) is 16.0 Å². The molecule has 7 rings (SSSR count). The van der Waals surface area contributed by atoms with Gasteiger partial charge in [0.25, 0.3) is 0 Å². The van der Waals surface area contributed by atoms with Gasteiger partial charge in [-0.05, 0) is 41.1 Å². The fraction of sp³-hybridized carbons (Fsp3) is 0.237. The lowest BCUT2D eigenvalue weighted by Crippen LogP contribution is -2.73. The molecule has 0 saturated heterocycles. The maximum atomic E-state index is 14.4. The molecule has 0 spiro atoms. The number of ether oxygens (including phenoxy) is 1. The van der Waals surface area contributed by atoms with E-state index in [1.54, 1.807) is 49.4 Å². The highest BCUT2D eigenvalue weighted by Crippen LogP contribution is 2.55. The van der Waals surface area contributed by atoms with Crippen molar-refractivity contribution in [3.8, 4) is 5.75 Å². The zero-order valence-corrected chi connectivity index (χ0v) is 27.5. The smallest absolute Gasteiger partial charge is 0.411 e. The van der Waals surface area contributed by atoms with Crippen LogP contribution in [0, 0.1) is 23.7 Å². The zero-order valence-electron chi connectivity index (χ0n) is 27.5. The molecule has 52 heavy (non-hydrogen) atoms. The van der Waals surface area contributed by atoms with Gasteiger partial charge in [-0.2, -0.15) is 0 Å². The van der Waals surface area contributed by atoms with Crippen molar-refractivity contribution < 1.29 is 48.5 Å². The number of phenols is 1. The quantitative estimate of drug-likeness (QED) is 0.130. The van der Waals surface area contributed by atoms with E-state index in [9.17, 15) is 43.8 Å². The molecule has 2 saturated carbocycles. The number of carbonyl (C=O) groups is 7. The normalized spacial score (nSPS) is 26.4. The number of urea groups is 1. The van der Waals surface area contributed by atoms with E-state index in [1.165, 1.54) is 12.1 Å². The Morgan fingerprint density at radius 1 is 0.827 bits per heavy atom. The molecule has 14 heteroatoms. The van der Waals surface area contributed by atoms with Crippen molar-refractivity contribution in [1.29, 1.82) is 0 Å². The number of para-hydroxylation sites is 1. The molecule has 3 aliphatic carbocycles. The van der Waals surface area contributed by atoms with Gasteiger partial charge in [0.05, 0.1) is 22.9 Å². The third-order valence-electron chi connectivity index (χ3n) is 10.4. The van der Waals surface area contributed by atoms with Crippen molar-refractivity contribution in [2.75, 3.05) is 16.0 Å². The Labute approximate surface area is 295 Å². The summed E-state index contributed by atoms with van der Waals surface area (Å²) in [7, 11) is 0. The predicted molar refractivity (Wildman–Crippen MR) is 186 cm³/mol. The van der Waals surface area contributed by atoms with Crippen LogP contribution in [0.25, 0.3) is 10.8 Å². The number of Topliss-reactive ketones (excluding diaryl/α,β-unsaturated/α-hetero) is 4. The van der Waals surface area contributed by atoms with Crippen molar-refractivity contribution in [1.82, 2.24) is 0 Å². The third-order valence-corrected chi connectivity index (χ3v) is 10.4. The first-order valence-electron chi connectivity index (χ1n) is 16.4. The molecule has 7 atom stereocenters. The third kappa shape index (κ3) is 5.35. The Morgan fingerprint density at radius 3 is 2.23 bits per heavy atom. The van der Waals surface area contributed by atoms with Gasteiger partial charge in [-0.15, -0.1) is 0 Å². The highest BCUT2D eigenvalue weighted by molar-refractivity contribution is 6.31. The number of rotatable bonds is 5. The molecule has 4 amide bonds. The summed E-state index contributed by atoms with van der Waals surface area (Å²) in [6.07, 6.45) is -3.38. The van der Waals surface area contributed by atoms with Crippen molar-refractivity contribution >= 4 is 69.0 Å². The number of aliphatic hydroxyl groups is 1. The molecule has 4 aromatic rings. The molecule has 0 aromatic heterocycles. The van der Waals surface area contributed by atoms with Crippen molar-refractivity contribution in [3.63, 3.8) is 0 Å². The number of benzene rings is 4. The van der Waals surface area contributed by atoms with Crippen LogP contribution in [0.3, 0.4) is 0 Å². The number of ketones is 4. The second kappa shape index (κ2) is 12.7. The lowest BCUT2D eigenvalue weighted by Gasteiger charge is -2.53. The molecule has 2 fully saturated rings. The van der Waals surface area contributed by atoms with Crippen molar-refractivity contribution in [3.05, 3.63) is 96.1 Å². The minimum Gasteiger partial charge on any atom is -0.505 e. The Kier molecular flexibility index (Phi) is 8.34. The van der Waals surface area contributed by atoms with Gasteiger partial charge in [-0.25, -0.2) is 9.59 Å². The van der Waals surface area contributed by atoms with Gasteiger partial charge in [-0.3, -0.25) is 29.3 Å². The number of phenolic OH excluding ortho intramolecular Hbond substituents is 1. The number of anilines is 3. The number of fused-ring (bicyclic) bond motifs is 4. The summed E-state index contributed by atoms with van der Waals surface area (Å²) < 4.78 is 5.80. The molecule has 2 unspecified atom stereocenters. The maximum absolute atomic E-state index is 14.4. The molecule has 0 aliphatic heterocycles. The Balaban J connectivity index is 1.26. The molecule has 0 heterocycles. The summed E-state index contributed by atoms with van der Waals surface area (Å²) in [5.41, 5.74) is 2.70. The minimum absolute atomic E-state index is 0.182. The number of nitrogens with two attached hydrogens (primary N) is 1. The van der Waals surface area contributed by atoms with Crippen molar-refractivity contribution in [2.45, 2.75) is 31.0 Å². The van der Waals surface area contributed by atoms with Gasteiger partial charge in [0, 0.05) is 29.3 Å². The monoisotopic (exact) mass is 704 g/mol. The molecule has 14 nitrogen and oxygen atoms in total. The van der Waals surface area contributed by atoms with Crippen LogP contribution in [0.4, 0.5) is 26.7 Å². The van der Waals surface area contributed by atoms with E-state index >= 15 is 0 Å². The number of nitrogens with one attached hydrogen (secondary N) is 3. The van der Waals surface area contributed by atoms with Crippen LogP contribution in [0.2, 0.25) is 0 Å². The Bertz CT molecular complexity index is 2220. The van der Waals surface area contributed by atoms with Crippen LogP contribution in [0.5, 0.6) is 5.75 Å². The van der Waals surface area contributed by atoms with Crippen molar-refractivity contribution in [2.24, 2.45) is 29.4 Å². The Morgan fingerprint density at radius 2 is 1.50 bits per heavy atom. The van der Waals surface area contributed by atoms with E-state index in [4.69, 9.17) is 10.5 Å². The molecule has 264 valence electrons. The summed E-state index contributed by atoms with van der Waals surface area (Å²) >= 11 is 0. The lowest BCUT2D eigenvalue weighted by atomic mass is 9.50. The van der Waals surface area contributed by atoms with E-state index in [0.29, 0.717) is 11.4 Å². The molecule has 4 aromatic carbocycles. The first kappa shape index (κ1) is 34.1. The van der Waals surface area contributed by atoms with Gasteiger partial charge in [0.1, 0.15) is 11.9 Å². The number of aromatic hydroxyl groups is 1. The van der Waals surface area contributed by atoms with Crippen LogP contribution < -0.4 is 21.7 Å². The molecular weight excluding hydrogens is 672 g/mol. The fourth-order valence-corrected chi connectivity index (χ4v) is 7.99. The molecule has 3 aliphatic rings.